The average molecular weight is 421 g/mol. The van der Waals surface area contributed by atoms with Crippen LogP contribution in [0.3, 0.4) is 0 Å². The first-order valence-electron chi connectivity index (χ1n) is 7.48. The molecule has 0 atom stereocenters. The number of amides is 1. The van der Waals surface area contributed by atoms with Gasteiger partial charge in [-0.1, -0.05) is 6.08 Å². The van der Waals surface area contributed by atoms with E-state index in [0.717, 1.165) is 13.3 Å². The third kappa shape index (κ3) is 4.44. The summed E-state index contributed by atoms with van der Waals surface area (Å²) in [6.45, 7) is 7.63. The first-order chi connectivity index (χ1) is 11.9. The van der Waals surface area contributed by atoms with Gasteiger partial charge in [0, 0.05) is 11.4 Å². The van der Waals surface area contributed by atoms with Crippen molar-refractivity contribution in [2.75, 3.05) is 6.54 Å². The maximum absolute atomic E-state index is 12.7. The molecule has 0 fully saturated rings. The van der Waals surface area contributed by atoms with E-state index in [1.807, 2.05) is 18.2 Å². The van der Waals surface area contributed by atoms with E-state index in [9.17, 15) is 14.9 Å². The van der Waals surface area contributed by atoms with Crippen molar-refractivity contribution in [1.82, 2.24) is 14.7 Å². The van der Waals surface area contributed by atoms with Crippen molar-refractivity contribution in [1.29, 1.82) is 5.26 Å². The highest BCUT2D eigenvalue weighted by Crippen LogP contribution is 2.23. The first kappa shape index (κ1) is 19.1. The molecule has 2 rings (SSSR count). The molecule has 0 saturated heterocycles. The van der Waals surface area contributed by atoms with E-state index in [1.54, 1.807) is 36.2 Å². The van der Waals surface area contributed by atoms with Crippen molar-refractivity contribution >= 4 is 33.2 Å². The molecule has 0 aliphatic carbocycles. The van der Waals surface area contributed by atoms with Crippen LogP contribution in [0.2, 0.25) is 0 Å². The van der Waals surface area contributed by atoms with Gasteiger partial charge in [0.15, 0.2) is 0 Å². The fourth-order valence-corrected chi connectivity index (χ4v) is 3.77. The van der Waals surface area contributed by atoms with Gasteiger partial charge in [-0.2, -0.15) is 10.4 Å². The van der Waals surface area contributed by atoms with Crippen LogP contribution in [0, 0.1) is 25.2 Å². The van der Waals surface area contributed by atoms with Crippen molar-refractivity contribution in [3.05, 3.63) is 60.6 Å². The van der Waals surface area contributed by atoms with Crippen molar-refractivity contribution in [2.45, 2.75) is 26.9 Å². The second-order valence-corrected chi connectivity index (χ2v) is 7.98. The van der Waals surface area contributed by atoms with Crippen molar-refractivity contribution in [2.24, 2.45) is 0 Å². The summed E-state index contributed by atoms with van der Waals surface area (Å²) in [6, 6.07) is 5.76. The molecule has 8 heteroatoms. The second-order valence-electron chi connectivity index (χ2n) is 5.43. The van der Waals surface area contributed by atoms with Crippen LogP contribution in [0.15, 0.2) is 33.4 Å². The molecule has 0 aromatic carbocycles. The molecule has 1 amide bonds. The average Bonchev–Trinajstić information content (AvgIpc) is 2.98. The number of hydrogen-bond donors (Lipinski definition) is 0. The zero-order valence-electron chi connectivity index (χ0n) is 14.0. The van der Waals surface area contributed by atoms with Gasteiger partial charge >= 0.3 is 0 Å². The van der Waals surface area contributed by atoms with Gasteiger partial charge in [-0.15, -0.1) is 17.9 Å². The van der Waals surface area contributed by atoms with Crippen molar-refractivity contribution in [3.63, 3.8) is 0 Å². The Kier molecular flexibility index (Phi) is 6.28. The minimum atomic E-state index is -0.545. The summed E-state index contributed by atoms with van der Waals surface area (Å²) in [5.74, 6) is -0.258. The summed E-state index contributed by atoms with van der Waals surface area (Å²) in [7, 11) is 0. The van der Waals surface area contributed by atoms with E-state index in [4.69, 9.17) is 0 Å². The smallest absolute Gasteiger partial charge is 0.285 e. The zero-order chi connectivity index (χ0) is 18.6. The van der Waals surface area contributed by atoms with Crippen LogP contribution in [-0.2, 0) is 17.9 Å². The van der Waals surface area contributed by atoms with E-state index in [2.05, 4.69) is 27.6 Å². The highest BCUT2D eigenvalue weighted by atomic mass is 79.9. The molecule has 0 radical (unpaired) electrons. The van der Waals surface area contributed by atoms with Gasteiger partial charge in [-0.3, -0.25) is 9.59 Å². The van der Waals surface area contributed by atoms with E-state index in [-0.39, 0.29) is 18.0 Å². The highest BCUT2D eigenvalue weighted by Gasteiger charge is 2.18. The van der Waals surface area contributed by atoms with Gasteiger partial charge in [0.2, 0.25) is 5.91 Å². The number of carbonyl (C=O) groups excluding carboxylic acids is 1. The van der Waals surface area contributed by atoms with Crippen LogP contribution >= 0.6 is 27.3 Å². The third-order valence-electron chi connectivity index (χ3n) is 3.71. The Hall–Kier alpha value is -2.24. The number of halogens is 1. The molecule has 25 heavy (non-hydrogen) atoms. The van der Waals surface area contributed by atoms with Gasteiger partial charge in [0.25, 0.3) is 5.56 Å². The minimum Gasteiger partial charge on any atom is -0.332 e. The molecule has 0 unspecified atom stereocenters. The van der Waals surface area contributed by atoms with Gasteiger partial charge in [-0.05, 0) is 47.5 Å². The lowest BCUT2D eigenvalue weighted by Crippen LogP contribution is -2.38. The third-order valence-corrected chi connectivity index (χ3v) is 5.32. The van der Waals surface area contributed by atoms with Crippen LogP contribution in [0.4, 0.5) is 0 Å². The van der Waals surface area contributed by atoms with Gasteiger partial charge in [0.1, 0.15) is 18.2 Å². The summed E-state index contributed by atoms with van der Waals surface area (Å²) in [6.07, 6.45) is 1.64. The van der Waals surface area contributed by atoms with E-state index >= 15 is 0 Å². The fourth-order valence-electron chi connectivity index (χ4n) is 2.27. The standard InChI is InChI=1S/C17H17BrN4O2S/c1-4-7-21(9-13-5-6-15(18)25-13)16(23)10-22-17(24)14(8-19)11(2)12(3)20-22/h4-6H,1,7,9-10H2,2-3H3. The molecule has 0 aliphatic heterocycles. The summed E-state index contributed by atoms with van der Waals surface area (Å²) in [4.78, 5) is 27.6. The van der Waals surface area contributed by atoms with Gasteiger partial charge in [-0.25, -0.2) is 4.68 Å². The van der Waals surface area contributed by atoms with Crippen molar-refractivity contribution in [3.8, 4) is 6.07 Å². The van der Waals surface area contributed by atoms with Crippen LogP contribution in [-0.4, -0.2) is 27.1 Å². The van der Waals surface area contributed by atoms with Crippen LogP contribution < -0.4 is 5.56 Å². The number of rotatable bonds is 6. The lowest BCUT2D eigenvalue weighted by molar-refractivity contribution is -0.132. The lowest BCUT2D eigenvalue weighted by Gasteiger charge is -2.21. The second kappa shape index (κ2) is 8.23. The molecule has 130 valence electrons. The number of aromatic nitrogens is 2. The van der Waals surface area contributed by atoms with E-state index < -0.39 is 5.56 Å². The predicted octanol–water partition coefficient (Wildman–Crippen LogP) is 2.77. The number of nitrogens with zero attached hydrogens (tertiary/aromatic N) is 4. The van der Waals surface area contributed by atoms with Gasteiger partial charge in [0.05, 0.1) is 16.0 Å². The normalized spacial score (nSPS) is 10.3. The lowest BCUT2D eigenvalue weighted by atomic mass is 10.1. The topological polar surface area (TPSA) is 79.0 Å². The number of hydrogen-bond acceptors (Lipinski definition) is 5. The molecule has 0 N–H and O–H groups in total. The Morgan fingerprint density at radius 2 is 2.24 bits per heavy atom. The summed E-state index contributed by atoms with van der Waals surface area (Å²) in [5.41, 5.74) is 0.582. The molecule has 2 heterocycles. The molecule has 6 nitrogen and oxygen atoms in total. The molecule has 0 aliphatic rings. The van der Waals surface area contributed by atoms with Crippen LogP contribution in [0.5, 0.6) is 0 Å². The molecule has 2 aromatic heterocycles. The molecule has 2 aromatic rings. The molecule has 0 spiro atoms. The zero-order valence-corrected chi connectivity index (χ0v) is 16.4. The maximum atomic E-state index is 12.7. The number of carbonyl (C=O) groups is 1. The van der Waals surface area contributed by atoms with Crippen molar-refractivity contribution < 1.29 is 4.79 Å². The summed E-state index contributed by atoms with van der Waals surface area (Å²) in [5, 5.41) is 13.3. The van der Waals surface area contributed by atoms with E-state index in [1.165, 1.54) is 0 Å². The number of aryl methyl sites for hydroxylation is 1. The molecule has 0 bridgehead atoms. The Labute approximate surface area is 158 Å². The monoisotopic (exact) mass is 420 g/mol. The summed E-state index contributed by atoms with van der Waals surface area (Å²) < 4.78 is 2.04. The van der Waals surface area contributed by atoms with E-state index in [0.29, 0.717) is 24.3 Å². The van der Waals surface area contributed by atoms with Gasteiger partial charge < -0.3 is 4.90 Å². The SMILES string of the molecule is C=CCN(Cc1ccc(Br)s1)C(=O)Cn1nc(C)c(C)c(C#N)c1=O. The number of thiophene rings is 1. The molecular formula is C17H17BrN4O2S. The summed E-state index contributed by atoms with van der Waals surface area (Å²) >= 11 is 4.94. The molecular weight excluding hydrogens is 404 g/mol. The minimum absolute atomic E-state index is 0.0257. The maximum Gasteiger partial charge on any atom is 0.285 e. The quantitative estimate of drug-likeness (QED) is 0.672. The largest absolute Gasteiger partial charge is 0.332 e. The fraction of sp³-hybridized carbons (Fsp3) is 0.294. The molecule has 0 saturated carbocycles. The first-order valence-corrected chi connectivity index (χ1v) is 9.09. The Morgan fingerprint density at radius 1 is 1.52 bits per heavy atom. The Bertz CT molecular complexity index is 910. The van der Waals surface area contributed by atoms with Crippen LogP contribution in [0.25, 0.3) is 0 Å². The number of nitriles is 1. The highest BCUT2D eigenvalue weighted by molar-refractivity contribution is 9.11. The Morgan fingerprint density at radius 3 is 2.80 bits per heavy atom. The van der Waals surface area contributed by atoms with Crippen LogP contribution in [0.1, 0.15) is 21.7 Å². The predicted molar refractivity (Wildman–Crippen MR) is 100 cm³/mol. The Balaban J connectivity index is 2.27.